The summed E-state index contributed by atoms with van der Waals surface area (Å²) < 4.78 is 34.0. The third-order valence-corrected chi connectivity index (χ3v) is 4.75. The molecule has 0 amide bonds. The lowest BCUT2D eigenvalue weighted by molar-refractivity contribution is 0.0515. The van der Waals surface area contributed by atoms with Crippen molar-refractivity contribution in [1.29, 1.82) is 0 Å². The fourth-order valence-electron chi connectivity index (χ4n) is 2.22. The van der Waals surface area contributed by atoms with Gasteiger partial charge in [-0.1, -0.05) is 25.1 Å². The topological polar surface area (TPSA) is 77.4 Å². The molecule has 124 valence electrons. The molecular formula is C16H20N2O4S. The molecule has 0 unspecified atom stereocenters. The summed E-state index contributed by atoms with van der Waals surface area (Å²) in [5.74, 6) is -0.551. The maximum Gasteiger partial charge on any atom is 0.354 e. The number of anilines is 1. The van der Waals surface area contributed by atoms with E-state index in [9.17, 15) is 13.2 Å². The maximum absolute atomic E-state index is 12.5. The van der Waals surface area contributed by atoms with Gasteiger partial charge in [-0.15, -0.1) is 0 Å². The predicted octanol–water partition coefficient (Wildman–Crippen LogP) is 2.57. The Balaban J connectivity index is 2.33. The number of carbonyl (C=O) groups excluding carboxylic acids is 1. The van der Waals surface area contributed by atoms with Gasteiger partial charge in [0, 0.05) is 13.2 Å². The highest BCUT2D eigenvalue weighted by Gasteiger charge is 2.21. The predicted molar refractivity (Wildman–Crippen MR) is 88.0 cm³/mol. The van der Waals surface area contributed by atoms with Crippen molar-refractivity contribution >= 4 is 21.7 Å². The van der Waals surface area contributed by atoms with E-state index in [0.29, 0.717) is 12.1 Å². The normalized spacial score (nSPS) is 11.3. The molecule has 0 saturated heterocycles. The summed E-state index contributed by atoms with van der Waals surface area (Å²) in [6.45, 7) is 3.88. The van der Waals surface area contributed by atoms with Crippen LogP contribution >= 0.6 is 0 Å². The Morgan fingerprint density at radius 1 is 1.26 bits per heavy atom. The van der Waals surface area contributed by atoms with E-state index in [0.717, 1.165) is 5.56 Å². The Labute approximate surface area is 136 Å². The second-order valence-electron chi connectivity index (χ2n) is 5.01. The van der Waals surface area contributed by atoms with Crippen LogP contribution in [0, 0.1) is 0 Å². The number of hydrogen-bond donors (Lipinski definition) is 1. The summed E-state index contributed by atoms with van der Waals surface area (Å²) in [6, 6.07) is 8.53. The number of esters is 1. The number of rotatable bonds is 6. The number of carbonyl (C=O) groups is 1. The number of nitrogens with one attached hydrogen (secondary N) is 1. The first kappa shape index (κ1) is 17.1. The van der Waals surface area contributed by atoms with Crippen molar-refractivity contribution in [2.75, 3.05) is 11.3 Å². The molecule has 2 rings (SSSR count). The molecule has 0 bridgehead atoms. The number of ether oxygens (including phenoxy) is 1. The second-order valence-corrected chi connectivity index (χ2v) is 6.69. The summed E-state index contributed by atoms with van der Waals surface area (Å²) >= 11 is 0. The zero-order valence-corrected chi connectivity index (χ0v) is 14.2. The van der Waals surface area contributed by atoms with Gasteiger partial charge in [0.1, 0.15) is 10.6 Å². The minimum absolute atomic E-state index is 0.0222. The molecule has 7 heteroatoms. The Bertz CT molecular complexity index is 809. The average molecular weight is 336 g/mol. The molecule has 0 atom stereocenters. The Hall–Kier alpha value is -2.28. The SMILES string of the molecule is CCOC(=O)c1cc(S(=O)(=O)Nc2ccccc2CC)cn1C. The lowest BCUT2D eigenvalue weighted by Crippen LogP contribution is -2.13. The Kier molecular flexibility index (Phi) is 5.10. The van der Waals surface area contributed by atoms with Crippen LogP contribution in [0.1, 0.15) is 29.9 Å². The number of para-hydroxylation sites is 1. The number of aryl methyl sites for hydroxylation is 2. The average Bonchev–Trinajstić information content (AvgIpc) is 2.90. The van der Waals surface area contributed by atoms with E-state index in [-0.39, 0.29) is 17.2 Å². The molecule has 0 spiro atoms. The number of benzene rings is 1. The van der Waals surface area contributed by atoms with E-state index in [1.165, 1.54) is 16.8 Å². The lowest BCUT2D eigenvalue weighted by Gasteiger charge is -2.10. The van der Waals surface area contributed by atoms with Crippen molar-refractivity contribution in [2.24, 2.45) is 7.05 Å². The quantitative estimate of drug-likeness (QED) is 0.823. The zero-order valence-electron chi connectivity index (χ0n) is 13.4. The lowest BCUT2D eigenvalue weighted by atomic mass is 10.1. The van der Waals surface area contributed by atoms with Gasteiger partial charge in [0.15, 0.2) is 0 Å². The molecule has 0 aliphatic rings. The number of sulfonamides is 1. The highest BCUT2D eigenvalue weighted by molar-refractivity contribution is 7.92. The standard InChI is InChI=1S/C16H20N2O4S/c1-4-12-8-6-7-9-14(12)17-23(20,21)13-10-15(18(3)11-13)16(19)22-5-2/h6-11,17H,4-5H2,1-3H3. The molecule has 0 aliphatic carbocycles. The van der Waals surface area contributed by atoms with E-state index in [1.54, 1.807) is 26.1 Å². The highest BCUT2D eigenvalue weighted by Crippen LogP contribution is 2.22. The van der Waals surface area contributed by atoms with Crippen LogP contribution in [0.4, 0.5) is 5.69 Å². The first-order chi connectivity index (χ1) is 10.9. The van der Waals surface area contributed by atoms with Crippen LogP contribution in [0.2, 0.25) is 0 Å². The van der Waals surface area contributed by atoms with Crippen LogP contribution in [0.15, 0.2) is 41.4 Å². The minimum Gasteiger partial charge on any atom is -0.461 e. The van der Waals surface area contributed by atoms with Crippen molar-refractivity contribution in [2.45, 2.75) is 25.2 Å². The van der Waals surface area contributed by atoms with Crippen molar-refractivity contribution in [3.05, 3.63) is 47.8 Å². The molecule has 2 aromatic rings. The maximum atomic E-state index is 12.5. The van der Waals surface area contributed by atoms with Gasteiger partial charge in [0.25, 0.3) is 10.0 Å². The van der Waals surface area contributed by atoms with E-state index < -0.39 is 16.0 Å². The molecule has 1 aromatic heterocycles. The third-order valence-electron chi connectivity index (χ3n) is 3.42. The van der Waals surface area contributed by atoms with E-state index in [1.807, 2.05) is 19.1 Å². The first-order valence-electron chi connectivity index (χ1n) is 7.33. The highest BCUT2D eigenvalue weighted by atomic mass is 32.2. The molecule has 23 heavy (non-hydrogen) atoms. The second kappa shape index (κ2) is 6.87. The molecule has 0 aliphatic heterocycles. The van der Waals surface area contributed by atoms with Crippen LogP contribution in [-0.2, 0) is 28.2 Å². The van der Waals surface area contributed by atoms with Gasteiger partial charge in [-0.2, -0.15) is 0 Å². The summed E-state index contributed by atoms with van der Waals surface area (Å²) in [6.07, 6.45) is 2.10. The fourth-order valence-corrected chi connectivity index (χ4v) is 3.39. The van der Waals surface area contributed by atoms with Gasteiger partial charge < -0.3 is 9.30 Å². The molecule has 1 aromatic carbocycles. The number of hydrogen-bond acceptors (Lipinski definition) is 4. The van der Waals surface area contributed by atoms with Gasteiger partial charge >= 0.3 is 5.97 Å². The van der Waals surface area contributed by atoms with Gasteiger partial charge in [0.2, 0.25) is 0 Å². The van der Waals surface area contributed by atoms with Crippen molar-refractivity contribution in [3.8, 4) is 0 Å². The third kappa shape index (κ3) is 3.73. The van der Waals surface area contributed by atoms with Crippen LogP contribution in [-0.4, -0.2) is 25.6 Å². The minimum atomic E-state index is -3.77. The number of nitrogens with zero attached hydrogens (tertiary/aromatic N) is 1. The molecule has 0 saturated carbocycles. The van der Waals surface area contributed by atoms with Crippen molar-refractivity contribution < 1.29 is 17.9 Å². The van der Waals surface area contributed by atoms with E-state index >= 15 is 0 Å². The Morgan fingerprint density at radius 3 is 2.61 bits per heavy atom. The van der Waals surface area contributed by atoms with Crippen LogP contribution in [0.5, 0.6) is 0 Å². The largest absolute Gasteiger partial charge is 0.461 e. The monoisotopic (exact) mass is 336 g/mol. The van der Waals surface area contributed by atoms with Crippen molar-refractivity contribution in [1.82, 2.24) is 4.57 Å². The molecule has 0 radical (unpaired) electrons. The van der Waals surface area contributed by atoms with Crippen LogP contribution in [0.25, 0.3) is 0 Å². The van der Waals surface area contributed by atoms with E-state index in [2.05, 4.69) is 4.72 Å². The first-order valence-corrected chi connectivity index (χ1v) is 8.81. The molecule has 1 heterocycles. The Morgan fingerprint density at radius 2 is 1.96 bits per heavy atom. The molecule has 0 fully saturated rings. The molecular weight excluding hydrogens is 316 g/mol. The zero-order chi connectivity index (χ0) is 17.0. The van der Waals surface area contributed by atoms with Crippen LogP contribution < -0.4 is 4.72 Å². The molecule has 1 N–H and O–H groups in total. The van der Waals surface area contributed by atoms with Gasteiger partial charge in [-0.3, -0.25) is 4.72 Å². The summed E-state index contributed by atoms with van der Waals surface area (Å²) in [7, 11) is -2.17. The summed E-state index contributed by atoms with van der Waals surface area (Å²) in [4.78, 5) is 11.8. The summed E-state index contributed by atoms with van der Waals surface area (Å²) in [5.41, 5.74) is 1.63. The van der Waals surface area contributed by atoms with Crippen molar-refractivity contribution in [3.63, 3.8) is 0 Å². The van der Waals surface area contributed by atoms with E-state index in [4.69, 9.17) is 4.74 Å². The van der Waals surface area contributed by atoms with Crippen LogP contribution in [0.3, 0.4) is 0 Å². The molecule has 6 nitrogen and oxygen atoms in total. The summed E-state index contributed by atoms with van der Waals surface area (Å²) in [5, 5.41) is 0. The van der Waals surface area contributed by atoms with Gasteiger partial charge in [-0.05, 0) is 31.0 Å². The number of aromatic nitrogens is 1. The fraction of sp³-hybridized carbons (Fsp3) is 0.312. The van der Waals surface area contributed by atoms with Gasteiger partial charge in [-0.25, -0.2) is 13.2 Å². The van der Waals surface area contributed by atoms with Gasteiger partial charge in [0.05, 0.1) is 12.3 Å². The smallest absolute Gasteiger partial charge is 0.354 e.